The minimum atomic E-state index is -0.213. The molecule has 1 aromatic carbocycles. The number of hydrogen-bond acceptors (Lipinski definition) is 4. The van der Waals surface area contributed by atoms with Crippen molar-refractivity contribution < 1.29 is 19.1 Å². The van der Waals surface area contributed by atoms with Gasteiger partial charge in [-0.15, -0.1) is 0 Å². The molecule has 0 aliphatic carbocycles. The molecular weight excluding hydrogens is 356 g/mol. The lowest BCUT2D eigenvalue weighted by Gasteiger charge is -2.31. The van der Waals surface area contributed by atoms with Gasteiger partial charge < -0.3 is 19.3 Å². The highest BCUT2D eigenvalue weighted by atomic mass is 16.5. The van der Waals surface area contributed by atoms with Gasteiger partial charge in [0.25, 0.3) is 0 Å². The van der Waals surface area contributed by atoms with Crippen LogP contribution in [0, 0.1) is 11.3 Å². The second kappa shape index (κ2) is 8.52. The molecule has 28 heavy (non-hydrogen) atoms. The lowest BCUT2D eigenvalue weighted by molar-refractivity contribution is -0.140. The molecule has 154 valence electrons. The first-order valence-corrected chi connectivity index (χ1v) is 10.1. The zero-order chi connectivity index (χ0) is 20.3. The maximum atomic E-state index is 13.3. The van der Waals surface area contributed by atoms with E-state index in [2.05, 4.69) is 20.8 Å². The summed E-state index contributed by atoms with van der Waals surface area (Å²) in [6.07, 6.45) is 0.487. The smallest absolute Gasteiger partial charge is 0.228 e. The molecule has 2 heterocycles. The first-order valence-electron chi connectivity index (χ1n) is 10.1. The van der Waals surface area contributed by atoms with Gasteiger partial charge in [0.1, 0.15) is 5.75 Å². The van der Waals surface area contributed by atoms with Gasteiger partial charge in [0, 0.05) is 38.5 Å². The Hall–Kier alpha value is -2.08. The van der Waals surface area contributed by atoms with Crippen molar-refractivity contribution in [1.29, 1.82) is 0 Å². The van der Waals surface area contributed by atoms with Crippen molar-refractivity contribution in [3.05, 3.63) is 29.8 Å². The van der Waals surface area contributed by atoms with Crippen LogP contribution in [-0.4, -0.2) is 68.1 Å². The summed E-state index contributed by atoms with van der Waals surface area (Å²) in [4.78, 5) is 29.9. The maximum Gasteiger partial charge on any atom is 0.228 e. The number of morpholine rings is 1. The van der Waals surface area contributed by atoms with Crippen LogP contribution in [0.5, 0.6) is 5.75 Å². The standard InChI is InChI=1S/C22H32N2O4/c1-22(2,3)13-20(25)24-14-18(16-5-7-17(27-4)8-6-16)19(15-24)21(26)23-9-11-28-12-10-23/h5-8,18-19H,9-15H2,1-4H3. The van der Waals surface area contributed by atoms with Gasteiger partial charge in [-0.25, -0.2) is 0 Å². The number of amides is 2. The molecular formula is C22H32N2O4. The monoisotopic (exact) mass is 388 g/mol. The van der Waals surface area contributed by atoms with Gasteiger partial charge in [0.15, 0.2) is 0 Å². The van der Waals surface area contributed by atoms with Crippen LogP contribution < -0.4 is 4.74 Å². The third-order valence-electron chi connectivity index (χ3n) is 5.54. The van der Waals surface area contributed by atoms with Crippen LogP contribution in [0.3, 0.4) is 0 Å². The SMILES string of the molecule is COc1ccc(C2CN(C(=O)CC(C)(C)C)CC2C(=O)N2CCOCC2)cc1. The lowest BCUT2D eigenvalue weighted by atomic mass is 9.88. The van der Waals surface area contributed by atoms with Crippen molar-refractivity contribution in [1.82, 2.24) is 9.80 Å². The van der Waals surface area contributed by atoms with Crippen molar-refractivity contribution in [2.75, 3.05) is 46.5 Å². The number of nitrogens with zero attached hydrogens (tertiary/aromatic N) is 2. The van der Waals surface area contributed by atoms with Crippen LogP contribution in [0.1, 0.15) is 38.7 Å². The van der Waals surface area contributed by atoms with E-state index in [-0.39, 0.29) is 29.1 Å². The number of carbonyl (C=O) groups excluding carboxylic acids is 2. The third kappa shape index (κ3) is 4.85. The summed E-state index contributed by atoms with van der Waals surface area (Å²) in [6.45, 7) is 9.69. The number of rotatable bonds is 4. The van der Waals surface area contributed by atoms with E-state index in [0.717, 1.165) is 11.3 Å². The second-order valence-corrected chi connectivity index (χ2v) is 8.96. The summed E-state index contributed by atoms with van der Waals surface area (Å²) in [5.41, 5.74) is 1.01. The van der Waals surface area contributed by atoms with E-state index in [1.165, 1.54) is 0 Å². The summed E-state index contributed by atoms with van der Waals surface area (Å²) < 4.78 is 10.7. The van der Waals surface area contributed by atoms with Crippen LogP contribution >= 0.6 is 0 Å². The average Bonchev–Trinajstić information content (AvgIpc) is 3.12. The fourth-order valence-electron chi connectivity index (χ4n) is 4.03. The molecule has 0 saturated carbocycles. The molecule has 0 N–H and O–H groups in total. The molecule has 2 atom stereocenters. The van der Waals surface area contributed by atoms with Crippen molar-refractivity contribution in [2.45, 2.75) is 33.1 Å². The minimum absolute atomic E-state index is 0.00479. The number of benzene rings is 1. The average molecular weight is 389 g/mol. The Kier molecular flexibility index (Phi) is 6.28. The number of hydrogen-bond donors (Lipinski definition) is 0. The number of likely N-dealkylation sites (tertiary alicyclic amines) is 1. The Bertz CT molecular complexity index is 689. The van der Waals surface area contributed by atoms with E-state index in [9.17, 15) is 9.59 Å². The van der Waals surface area contributed by atoms with Crippen molar-refractivity contribution in [3.8, 4) is 5.75 Å². The third-order valence-corrected chi connectivity index (χ3v) is 5.54. The number of methoxy groups -OCH3 is 1. The molecule has 2 unspecified atom stereocenters. The Morgan fingerprint density at radius 3 is 2.29 bits per heavy atom. The highest BCUT2D eigenvalue weighted by Gasteiger charge is 2.42. The number of ether oxygens (including phenoxy) is 2. The normalized spacial score (nSPS) is 23.0. The van der Waals surface area contributed by atoms with E-state index in [4.69, 9.17) is 9.47 Å². The van der Waals surface area contributed by atoms with E-state index in [0.29, 0.717) is 45.8 Å². The first kappa shape index (κ1) is 20.6. The van der Waals surface area contributed by atoms with E-state index in [1.807, 2.05) is 34.1 Å². The molecule has 1 aromatic rings. The van der Waals surface area contributed by atoms with Gasteiger partial charge in [0.2, 0.25) is 11.8 Å². The lowest BCUT2D eigenvalue weighted by Crippen LogP contribution is -2.45. The highest BCUT2D eigenvalue weighted by Crippen LogP contribution is 2.36. The van der Waals surface area contributed by atoms with Crippen LogP contribution in [0.15, 0.2) is 24.3 Å². The summed E-state index contributed by atoms with van der Waals surface area (Å²) in [6, 6.07) is 7.87. The van der Waals surface area contributed by atoms with Gasteiger partial charge in [-0.05, 0) is 23.1 Å². The van der Waals surface area contributed by atoms with Crippen molar-refractivity contribution >= 4 is 11.8 Å². The van der Waals surface area contributed by atoms with Crippen LogP contribution in [0.2, 0.25) is 0 Å². The van der Waals surface area contributed by atoms with E-state index < -0.39 is 0 Å². The summed E-state index contributed by atoms with van der Waals surface area (Å²) in [5.74, 6) is 0.845. The predicted octanol–water partition coefficient (Wildman–Crippen LogP) is 2.53. The second-order valence-electron chi connectivity index (χ2n) is 8.96. The van der Waals surface area contributed by atoms with Crippen LogP contribution in [0.4, 0.5) is 0 Å². The van der Waals surface area contributed by atoms with Crippen LogP contribution in [0.25, 0.3) is 0 Å². The van der Waals surface area contributed by atoms with E-state index >= 15 is 0 Å². The Morgan fingerprint density at radius 2 is 1.71 bits per heavy atom. The quantitative estimate of drug-likeness (QED) is 0.795. The van der Waals surface area contributed by atoms with Crippen LogP contribution in [-0.2, 0) is 14.3 Å². The zero-order valence-electron chi connectivity index (χ0n) is 17.4. The Morgan fingerprint density at radius 1 is 1.07 bits per heavy atom. The largest absolute Gasteiger partial charge is 0.497 e. The van der Waals surface area contributed by atoms with Crippen molar-refractivity contribution in [3.63, 3.8) is 0 Å². The fraction of sp³-hybridized carbons (Fsp3) is 0.636. The summed E-state index contributed by atoms with van der Waals surface area (Å²) >= 11 is 0. The zero-order valence-corrected chi connectivity index (χ0v) is 17.4. The molecule has 2 saturated heterocycles. The van der Waals surface area contributed by atoms with Gasteiger partial charge in [-0.3, -0.25) is 9.59 Å². The molecule has 6 heteroatoms. The molecule has 6 nitrogen and oxygen atoms in total. The summed E-state index contributed by atoms with van der Waals surface area (Å²) in [5, 5.41) is 0. The maximum absolute atomic E-state index is 13.3. The number of carbonyl (C=O) groups is 2. The molecule has 2 aliphatic rings. The van der Waals surface area contributed by atoms with E-state index in [1.54, 1.807) is 7.11 Å². The predicted molar refractivity (Wildman–Crippen MR) is 107 cm³/mol. The molecule has 0 radical (unpaired) electrons. The van der Waals surface area contributed by atoms with Gasteiger partial charge in [-0.2, -0.15) is 0 Å². The molecule has 2 aliphatic heterocycles. The minimum Gasteiger partial charge on any atom is -0.497 e. The topological polar surface area (TPSA) is 59.1 Å². The highest BCUT2D eigenvalue weighted by molar-refractivity contribution is 5.83. The molecule has 3 rings (SSSR count). The molecule has 2 fully saturated rings. The molecule has 0 spiro atoms. The van der Waals surface area contributed by atoms with Crippen molar-refractivity contribution in [2.24, 2.45) is 11.3 Å². The van der Waals surface area contributed by atoms with Gasteiger partial charge >= 0.3 is 0 Å². The van der Waals surface area contributed by atoms with Gasteiger partial charge in [0.05, 0.1) is 26.2 Å². The molecule has 0 aromatic heterocycles. The molecule has 2 amide bonds. The first-order chi connectivity index (χ1) is 13.3. The Labute approximate surface area is 167 Å². The summed E-state index contributed by atoms with van der Waals surface area (Å²) in [7, 11) is 1.64. The Balaban J connectivity index is 1.81. The van der Waals surface area contributed by atoms with Gasteiger partial charge in [-0.1, -0.05) is 32.9 Å². The molecule has 0 bridgehead atoms. The fourth-order valence-corrected chi connectivity index (χ4v) is 4.03.